The number of carbonyl (C=O) groups is 1. The maximum absolute atomic E-state index is 12.9. The number of aryl methyl sites for hydroxylation is 1. The van der Waals surface area contributed by atoms with Crippen LogP contribution in [0.4, 0.5) is 11.6 Å². The molecular weight excluding hydrogens is 522 g/mol. The van der Waals surface area contributed by atoms with E-state index in [1.165, 1.54) is 5.69 Å². The molecule has 0 atom stereocenters. The molecule has 0 radical (unpaired) electrons. The van der Waals surface area contributed by atoms with Crippen molar-refractivity contribution in [2.45, 2.75) is 6.92 Å². The van der Waals surface area contributed by atoms with E-state index in [-0.39, 0.29) is 5.91 Å². The van der Waals surface area contributed by atoms with Gasteiger partial charge in [0.15, 0.2) is 0 Å². The lowest BCUT2D eigenvalue weighted by atomic mass is 10.0. The summed E-state index contributed by atoms with van der Waals surface area (Å²) in [6.45, 7) is 6.14. The fraction of sp³-hybridized carbons (Fsp3) is 0.258. The molecule has 0 spiro atoms. The third-order valence-electron chi connectivity index (χ3n) is 7.10. The van der Waals surface area contributed by atoms with E-state index < -0.39 is 0 Å². The number of hydrogen-bond acceptors (Lipinski definition) is 6. The lowest BCUT2D eigenvalue weighted by molar-refractivity contribution is 0.0964. The van der Waals surface area contributed by atoms with Gasteiger partial charge in [-0.1, -0.05) is 29.5 Å². The van der Waals surface area contributed by atoms with Crippen LogP contribution in [-0.2, 0) is 0 Å². The Hall–Kier alpha value is -4.32. The molecule has 1 aliphatic rings. The fourth-order valence-corrected chi connectivity index (χ4v) is 4.90. The molecule has 1 saturated heterocycles. The predicted molar refractivity (Wildman–Crippen MR) is 162 cm³/mol. The summed E-state index contributed by atoms with van der Waals surface area (Å²) < 4.78 is 0. The monoisotopic (exact) mass is 553 g/mol. The van der Waals surface area contributed by atoms with Gasteiger partial charge in [-0.25, -0.2) is 9.97 Å². The number of nitrogens with zero attached hydrogens (tertiary/aromatic N) is 4. The van der Waals surface area contributed by atoms with E-state index in [1.54, 1.807) is 26.4 Å². The summed E-state index contributed by atoms with van der Waals surface area (Å²) >= 11 is 6.31. The molecule has 5 rings (SSSR count). The number of halogens is 1. The molecule has 0 unspecified atom stereocenters. The molecule has 1 fully saturated rings. The average Bonchev–Trinajstić information content (AvgIpc) is 3.42. The maximum Gasteiger partial charge on any atom is 0.253 e. The first-order valence-electron chi connectivity index (χ1n) is 13.2. The third kappa shape index (κ3) is 5.81. The second kappa shape index (κ2) is 11.8. The highest BCUT2D eigenvalue weighted by molar-refractivity contribution is 6.31. The molecular formula is C31H32ClN7O. The Balaban J connectivity index is 1.52. The summed E-state index contributed by atoms with van der Waals surface area (Å²) in [7, 11) is 5.53. The van der Waals surface area contributed by atoms with E-state index in [1.807, 2.05) is 37.3 Å². The predicted octanol–water partition coefficient (Wildman–Crippen LogP) is 4.65. The normalized spacial score (nSPS) is 13.5. The number of aromatic amines is 1. The molecule has 2 aromatic carbocycles. The van der Waals surface area contributed by atoms with Crippen molar-refractivity contribution < 1.29 is 4.79 Å². The van der Waals surface area contributed by atoms with Crippen LogP contribution in [0.5, 0.6) is 0 Å². The minimum Gasteiger partial charge on any atom is -0.369 e. The molecule has 204 valence electrons. The van der Waals surface area contributed by atoms with E-state index in [0.717, 1.165) is 42.9 Å². The maximum atomic E-state index is 12.9. The number of piperazine rings is 1. The molecule has 2 aromatic heterocycles. The van der Waals surface area contributed by atoms with Gasteiger partial charge in [-0.3, -0.25) is 4.79 Å². The van der Waals surface area contributed by atoms with Gasteiger partial charge in [0.05, 0.1) is 22.5 Å². The Morgan fingerprint density at radius 1 is 1.02 bits per heavy atom. The van der Waals surface area contributed by atoms with Crippen LogP contribution in [-0.4, -0.2) is 73.1 Å². The second-order valence-electron chi connectivity index (χ2n) is 9.80. The SMILES string of the molecule is CNC(=O)c1cc(-c2nc(NC)ncc2C#Cc2ccc(N3CCN(C)CC3)cc2)[nH]c1-c1cc(Cl)ccc1C. The number of H-pyrrole nitrogens is 1. The van der Waals surface area contributed by atoms with Crippen LogP contribution in [0.1, 0.15) is 27.0 Å². The zero-order valence-corrected chi connectivity index (χ0v) is 23.9. The van der Waals surface area contributed by atoms with Crippen molar-refractivity contribution in [3.05, 3.63) is 82.0 Å². The molecule has 3 heterocycles. The number of nitrogens with one attached hydrogen (secondary N) is 3. The number of hydrogen-bond donors (Lipinski definition) is 3. The van der Waals surface area contributed by atoms with Gasteiger partial charge in [-0.05, 0) is 62.0 Å². The van der Waals surface area contributed by atoms with Gasteiger partial charge in [0, 0.05) is 68.3 Å². The van der Waals surface area contributed by atoms with Gasteiger partial charge in [-0.15, -0.1) is 0 Å². The summed E-state index contributed by atoms with van der Waals surface area (Å²) in [6, 6.07) is 15.7. The van der Waals surface area contributed by atoms with Crippen molar-refractivity contribution in [1.29, 1.82) is 0 Å². The van der Waals surface area contributed by atoms with E-state index in [2.05, 4.69) is 61.4 Å². The number of amides is 1. The van der Waals surface area contributed by atoms with Gasteiger partial charge in [-0.2, -0.15) is 0 Å². The number of aromatic nitrogens is 3. The summed E-state index contributed by atoms with van der Waals surface area (Å²) in [5.41, 5.74) is 6.98. The topological polar surface area (TPSA) is 89.2 Å². The van der Waals surface area contributed by atoms with Gasteiger partial charge < -0.3 is 25.4 Å². The number of likely N-dealkylation sites (N-methyl/N-ethyl adjacent to an activating group) is 1. The van der Waals surface area contributed by atoms with Gasteiger partial charge in [0.1, 0.15) is 5.69 Å². The van der Waals surface area contributed by atoms with Crippen LogP contribution in [0, 0.1) is 18.8 Å². The van der Waals surface area contributed by atoms with E-state index in [4.69, 9.17) is 16.6 Å². The number of benzene rings is 2. The van der Waals surface area contributed by atoms with Crippen molar-refractivity contribution in [2.24, 2.45) is 0 Å². The summed E-state index contributed by atoms with van der Waals surface area (Å²) in [4.78, 5) is 30.1. The van der Waals surface area contributed by atoms with Gasteiger partial charge in [0.25, 0.3) is 5.91 Å². The van der Waals surface area contributed by atoms with Gasteiger partial charge in [0.2, 0.25) is 5.95 Å². The minimum atomic E-state index is -0.215. The highest BCUT2D eigenvalue weighted by Crippen LogP contribution is 2.33. The van der Waals surface area contributed by atoms with Crippen LogP contribution < -0.4 is 15.5 Å². The minimum absolute atomic E-state index is 0.215. The van der Waals surface area contributed by atoms with Gasteiger partial charge >= 0.3 is 0 Å². The summed E-state index contributed by atoms with van der Waals surface area (Å²) in [6.07, 6.45) is 1.70. The zero-order chi connectivity index (χ0) is 28.2. The van der Waals surface area contributed by atoms with Crippen molar-refractivity contribution in [3.8, 4) is 34.5 Å². The fourth-order valence-electron chi connectivity index (χ4n) is 4.73. The van der Waals surface area contributed by atoms with E-state index in [9.17, 15) is 4.79 Å². The molecule has 9 heteroatoms. The van der Waals surface area contributed by atoms with E-state index in [0.29, 0.717) is 39.2 Å². The second-order valence-corrected chi connectivity index (χ2v) is 10.2. The average molecular weight is 554 g/mol. The first-order chi connectivity index (χ1) is 19.4. The summed E-state index contributed by atoms with van der Waals surface area (Å²) in [5.74, 6) is 6.75. The van der Waals surface area contributed by atoms with Crippen LogP contribution >= 0.6 is 11.6 Å². The van der Waals surface area contributed by atoms with Crippen LogP contribution in [0.15, 0.2) is 54.7 Å². The molecule has 40 heavy (non-hydrogen) atoms. The number of carbonyl (C=O) groups excluding carboxylic acids is 1. The lowest BCUT2D eigenvalue weighted by Gasteiger charge is -2.34. The first-order valence-corrected chi connectivity index (χ1v) is 13.6. The Labute approximate surface area is 239 Å². The Bertz CT molecular complexity index is 1590. The van der Waals surface area contributed by atoms with Crippen LogP contribution in [0.25, 0.3) is 22.6 Å². The molecule has 1 aliphatic heterocycles. The molecule has 1 amide bonds. The first kappa shape index (κ1) is 27.3. The Kier molecular flexibility index (Phi) is 8.06. The van der Waals surface area contributed by atoms with Crippen molar-refractivity contribution >= 4 is 29.1 Å². The number of anilines is 2. The van der Waals surface area contributed by atoms with Crippen LogP contribution in [0.2, 0.25) is 5.02 Å². The van der Waals surface area contributed by atoms with E-state index >= 15 is 0 Å². The van der Waals surface area contributed by atoms with Crippen LogP contribution in [0.3, 0.4) is 0 Å². The quantitative estimate of drug-likeness (QED) is 0.312. The lowest BCUT2D eigenvalue weighted by Crippen LogP contribution is -2.44. The Morgan fingerprint density at radius 2 is 1.77 bits per heavy atom. The van der Waals surface area contributed by atoms with Crippen molar-refractivity contribution in [1.82, 2.24) is 25.2 Å². The molecule has 0 bridgehead atoms. The Morgan fingerprint density at radius 3 is 2.48 bits per heavy atom. The number of rotatable bonds is 5. The molecule has 0 saturated carbocycles. The largest absolute Gasteiger partial charge is 0.369 e. The zero-order valence-electron chi connectivity index (χ0n) is 23.1. The highest BCUT2D eigenvalue weighted by atomic mass is 35.5. The standard InChI is InChI=1S/C31H32ClN7O/c1-20-5-10-23(32)17-25(20)29-26(30(40)33-2)18-27(36-29)28-22(19-35-31(34-3)37-28)9-6-21-7-11-24(12-8-21)39-15-13-38(4)14-16-39/h5,7-8,10-12,17-19,36H,13-16H2,1-4H3,(H,33,40)(H,34,35,37). The highest BCUT2D eigenvalue weighted by Gasteiger charge is 2.21. The molecule has 3 N–H and O–H groups in total. The van der Waals surface area contributed by atoms with Crippen molar-refractivity contribution in [3.63, 3.8) is 0 Å². The molecule has 0 aliphatic carbocycles. The molecule has 8 nitrogen and oxygen atoms in total. The smallest absolute Gasteiger partial charge is 0.253 e. The van der Waals surface area contributed by atoms with Crippen molar-refractivity contribution in [2.75, 3.05) is 57.5 Å². The summed E-state index contributed by atoms with van der Waals surface area (Å²) in [5, 5.41) is 6.31. The molecule has 4 aromatic rings. The third-order valence-corrected chi connectivity index (χ3v) is 7.34.